The van der Waals surface area contributed by atoms with Crippen molar-refractivity contribution in [3.8, 4) is 11.5 Å². The molecule has 0 aliphatic carbocycles. The average molecular weight is 318 g/mol. The smallest absolute Gasteiger partial charge is 0.251 e. The Kier molecular flexibility index (Phi) is 5.19. The molecule has 122 valence electrons. The summed E-state index contributed by atoms with van der Waals surface area (Å²) in [5.74, 6) is 0.639. The van der Waals surface area contributed by atoms with Crippen molar-refractivity contribution in [2.45, 2.75) is 0 Å². The third-order valence-electron chi connectivity index (χ3n) is 3.00. The molecule has 8 heteroatoms. The third-order valence-corrected chi connectivity index (χ3v) is 3.00. The molecular formula is C15H18N4O4. The van der Waals surface area contributed by atoms with E-state index in [2.05, 4.69) is 15.7 Å². The van der Waals surface area contributed by atoms with Gasteiger partial charge in [0, 0.05) is 30.9 Å². The van der Waals surface area contributed by atoms with E-state index >= 15 is 0 Å². The molecule has 2 N–H and O–H groups in total. The van der Waals surface area contributed by atoms with Gasteiger partial charge in [-0.2, -0.15) is 5.10 Å². The van der Waals surface area contributed by atoms with Crippen LogP contribution in [0.5, 0.6) is 11.5 Å². The molecule has 1 aromatic heterocycles. The summed E-state index contributed by atoms with van der Waals surface area (Å²) in [6, 6.07) is 6.44. The number of methoxy groups -OCH3 is 2. The van der Waals surface area contributed by atoms with Gasteiger partial charge in [0.1, 0.15) is 11.5 Å². The van der Waals surface area contributed by atoms with Gasteiger partial charge in [-0.3, -0.25) is 14.3 Å². The summed E-state index contributed by atoms with van der Waals surface area (Å²) in [5, 5.41) is 9.13. The number of aromatic nitrogens is 2. The maximum atomic E-state index is 12.1. The van der Waals surface area contributed by atoms with Gasteiger partial charge in [0.25, 0.3) is 5.91 Å². The Morgan fingerprint density at radius 3 is 2.35 bits per heavy atom. The van der Waals surface area contributed by atoms with Crippen LogP contribution in [0.2, 0.25) is 0 Å². The minimum Gasteiger partial charge on any atom is -0.497 e. The molecule has 23 heavy (non-hydrogen) atoms. The minimum atomic E-state index is -0.404. The summed E-state index contributed by atoms with van der Waals surface area (Å²) in [4.78, 5) is 23.9. The van der Waals surface area contributed by atoms with Crippen molar-refractivity contribution >= 4 is 17.6 Å². The molecule has 2 amide bonds. The lowest BCUT2D eigenvalue weighted by molar-refractivity contribution is -0.115. The molecule has 2 rings (SSSR count). The third kappa shape index (κ3) is 4.47. The lowest BCUT2D eigenvalue weighted by Gasteiger charge is -2.09. The predicted octanol–water partition coefficient (Wildman–Crippen LogP) is 0.806. The van der Waals surface area contributed by atoms with Crippen LogP contribution in [0.4, 0.5) is 5.82 Å². The fourth-order valence-corrected chi connectivity index (χ4v) is 1.87. The molecule has 0 aliphatic rings. The molecular weight excluding hydrogens is 300 g/mol. The van der Waals surface area contributed by atoms with E-state index in [9.17, 15) is 9.59 Å². The summed E-state index contributed by atoms with van der Waals surface area (Å²) in [6.45, 7) is -0.172. The molecule has 0 aliphatic heterocycles. The number of hydrogen-bond donors (Lipinski definition) is 2. The molecule has 0 saturated heterocycles. The van der Waals surface area contributed by atoms with Crippen molar-refractivity contribution in [1.29, 1.82) is 0 Å². The molecule has 0 spiro atoms. The van der Waals surface area contributed by atoms with Gasteiger partial charge in [-0.05, 0) is 12.1 Å². The zero-order valence-electron chi connectivity index (χ0n) is 13.1. The normalized spacial score (nSPS) is 10.0. The number of aryl methyl sites for hydroxylation is 1. The highest BCUT2D eigenvalue weighted by molar-refractivity contribution is 5.99. The van der Waals surface area contributed by atoms with E-state index in [0.717, 1.165) is 0 Å². The Morgan fingerprint density at radius 1 is 1.17 bits per heavy atom. The maximum absolute atomic E-state index is 12.1. The highest BCUT2D eigenvalue weighted by Crippen LogP contribution is 2.22. The molecule has 8 nitrogen and oxygen atoms in total. The number of nitrogens with zero attached hydrogens (tertiary/aromatic N) is 2. The number of carbonyl (C=O) groups excluding carboxylic acids is 2. The zero-order valence-corrected chi connectivity index (χ0v) is 13.1. The predicted molar refractivity (Wildman–Crippen MR) is 83.7 cm³/mol. The lowest BCUT2D eigenvalue weighted by Crippen LogP contribution is -2.33. The number of nitrogens with one attached hydrogen (secondary N) is 2. The second-order valence-electron chi connectivity index (χ2n) is 4.71. The van der Waals surface area contributed by atoms with Gasteiger partial charge in [0.15, 0.2) is 5.82 Å². The van der Waals surface area contributed by atoms with E-state index in [4.69, 9.17) is 9.47 Å². The molecule has 0 bridgehead atoms. The second kappa shape index (κ2) is 7.30. The van der Waals surface area contributed by atoms with E-state index in [-0.39, 0.29) is 12.5 Å². The standard InChI is InChI=1S/C15H18N4O4/c1-19-5-4-13(18-19)17-14(20)9-16-15(21)10-6-11(22-2)8-12(7-10)23-3/h4-8H,9H2,1-3H3,(H,16,21)(H,17,18,20). The molecule has 0 unspecified atom stereocenters. The number of rotatable bonds is 6. The van der Waals surface area contributed by atoms with Crippen LogP contribution in [0, 0.1) is 0 Å². The van der Waals surface area contributed by atoms with E-state index in [1.165, 1.54) is 14.2 Å². The summed E-state index contributed by atoms with van der Waals surface area (Å²) < 4.78 is 11.8. The monoisotopic (exact) mass is 318 g/mol. The first-order valence-corrected chi connectivity index (χ1v) is 6.82. The summed E-state index contributed by atoms with van der Waals surface area (Å²) in [5.41, 5.74) is 0.340. The summed E-state index contributed by atoms with van der Waals surface area (Å²) >= 11 is 0. The Bertz CT molecular complexity index is 689. The van der Waals surface area contributed by atoms with Crippen molar-refractivity contribution in [1.82, 2.24) is 15.1 Å². The van der Waals surface area contributed by atoms with Crippen molar-refractivity contribution in [3.63, 3.8) is 0 Å². The van der Waals surface area contributed by atoms with Crippen molar-refractivity contribution in [2.75, 3.05) is 26.1 Å². The van der Waals surface area contributed by atoms with Gasteiger partial charge in [0.05, 0.1) is 20.8 Å². The van der Waals surface area contributed by atoms with E-state index in [1.54, 1.807) is 42.2 Å². The largest absolute Gasteiger partial charge is 0.497 e. The number of hydrogen-bond acceptors (Lipinski definition) is 5. The number of ether oxygens (including phenoxy) is 2. The van der Waals surface area contributed by atoms with E-state index in [1.807, 2.05) is 0 Å². The van der Waals surface area contributed by atoms with Gasteiger partial charge < -0.3 is 20.1 Å². The fourth-order valence-electron chi connectivity index (χ4n) is 1.87. The lowest BCUT2D eigenvalue weighted by atomic mass is 10.2. The van der Waals surface area contributed by atoms with Crippen LogP contribution in [0.15, 0.2) is 30.5 Å². The first-order valence-electron chi connectivity index (χ1n) is 6.82. The van der Waals surface area contributed by atoms with Gasteiger partial charge in [-0.1, -0.05) is 0 Å². The highest BCUT2D eigenvalue weighted by Gasteiger charge is 2.12. The Morgan fingerprint density at radius 2 is 1.83 bits per heavy atom. The van der Waals surface area contributed by atoms with Crippen LogP contribution >= 0.6 is 0 Å². The fraction of sp³-hybridized carbons (Fsp3) is 0.267. The highest BCUT2D eigenvalue weighted by atomic mass is 16.5. The zero-order chi connectivity index (χ0) is 16.8. The van der Waals surface area contributed by atoms with Crippen molar-refractivity contribution in [3.05, 3.63) is 36.0 Å². The number of anilines is 1. The Hall–Kier alpha value is -3.03. The van der Waals surface area contributed by atoms with Crippen LogP contribution < -0.4 is 20.1 Å². The summed E-state index contributed by atoms with van der Waals surface area (Å²) in [6.07, 6.45) is 1.71. The average Bonchev–Trinajstić information content (AvgIpc) is 2.96. The molecule has 0 atom stereocenters. The summed E-state index contributed by atoms with van der Waals surface area (Å²) in [7, 11) is 4.74. The van der Waals surface area contributed by atoms with Gasteiger partial charge in [-0.25, -0.2) is 0 Å². The van der Waals surface area contributed by atoms with Crippen LogP contribution in [0.25, 0.3) is 0 Å². The van der Waals surface area contributed by atoms with Gasteiger partial charge >= 0.3 is 0 Å². The molecule has 1 heterocycles. The van der Waals surface area contributed by atoms with Crippen molar-refractivity contribution < 1.29 is 19.1 Å². The Balaban J connectivity index is 1.95. The van der Waals surface area contributed by atoms with Crippen LogP contribution in [0.3, 0.4) is 0 Å². The molecule has 0 radical (unpaired) electrons. The topological polar surface area (TPSA) is 94.5 Å². The van der Waals surface area contributed by atoms with E-state index < -0.39 is 5.91 Å². The maximum Gasteiger partial charge on any atom is 0.251 e. The van der Waals surface area contributed by atoms with Crippen LogP contribution in [-0.4, -0.2) is 42.4 Å². The first-order chi connectivity index (χ1) is 11.0. The number of amides is 2. The minimum absolute atomic E-state index is 0.172. The molecule has 2 aromatic rings. The van der Waals surface area contributed by atoms with Crippen LogP contribution in [-0.2, 0) is 11.8 Å². The molecule has 1 aromatic carbocycles. The van der Waals surface area contributed by atoms with Gasteiger partial charge in [-0.15, -0.1) is 0 Å². The quantitative estimate of drug-likeness (QED) is 0.822. The van der Waals surface area contributed by atoms with E-state index in [0.29, 0.717) is 22.9 Å². The van der Waals surface area contributed by atoms with Gasteiger partial charge in [0.2, 0.25) is 5.91 Å². The van der Waals surface area contributed by atoms with Crippen molar-refractivity contribution in [2.24, 2.45) is 7.05 Å². The van der Waals surface area contributed by atoms with Crippen LogP contribution in [0.1, 0.15) is 10.4 Å². The Labute approximate surface area is 133 Å². The molecule has 0 fully saturated rings. The first kappa shape index (κ1) is 16.3. The number of carbonyl (C=O) groups is 2. The molecule has 0 saturated carbocycles. The SMILES string of the molecule is COc1cc(OC)cc(C(=O)NCC(=O)Nc2ccn(C)n2)c1. The second-order valence-corrected chi connectivity index (χ2v) is 4.71. The number of benzene rings is 1.